The van der Waals surface area contributed by atoms with Crippen molar-refractivity contribution in [1.29, 1.82) is 0 Å². The van der Waals surface area contributed by atoms with Crippen LogP contribution in [-0.2, 0) is 20.9 Å². The average Bonchev–Trinajstić information content (AvgIpc) is 2.38. The zero-order valence-corrected chi connectivity index (χ0v) is 10.7. The highest BCUT2D eigenvalue weighted by Crippen LogP contribution is 2.23. The maximum atomic E-state index is 12.0. The van der Waals surface area contributed by atoms with Crippen LogP contribution in [0.1, 0.15) is 22.8 Å². The molecule has 0 aliphatic carbocycles. The summed E-state index contributed by atoms with van der Waals surface area (Å²) < 4.78 is 14.8. The van der Waals surface area contributed by atoms with Crippen LogP contribution in [0.3, 0.4) is 0 Å². The molecule has 0 aliphatic rings. The molecule has 1 rings (SSSR count). The summed E-state index contributed by atoms with van der Waals surface area (Å²) in [5, 5.41) is 0. The van der Waals surface area contributed by atoms with Crippen molar-refractivity contribution in [2.45, 2.75) is 13.5 Å². The highest BCUT2D eigenvalue weighted by Gasteiger charge is 2.24. The molecule has 0 bridgehead atoms. The maximum absolute atomic E-state index is 12.0. The third-order valence-corrected chi connectivity index (χ3v) is 2.32. The monoisotopic (exact) mass is 252 g/mol. The Labute approximate surface area is 106 Å². The van der Waals surface area contributed by atoms with Gasteiger partial charge in [0.25, 0.3) is 5.78 Å². The molecular formula is C13H16O5. The van der Waals surface area contributed by atoms with E-state index in [4.69, 9.17) is 14.2 Å². The highest BCUT2D eigenvalue weighted by atomic mass is 16.5. The first-order valence-corrected chi connectivity index (χ1v) is 5.52. The molecule has 0 atom stereocenters. The van der Waals surface area contributed by atoms with Gasteiger partial charge in [-0.3, -0.25) is 4.79 Å². The van der Waals surface area contributed by atoms with Crippen molar-refractivity contribution in [1.82, 2.24) is 0 Å². The van der Waals surface area contributed by atoms with Crippen LogP contribution in [-0.4, -0.2) is 32.6 Å². The summed E-state index contributed by atoms with van der Waals surface area (Å²) in [5.41, 5.74) is 0.787. The van der Waals surface area contributed by atoms with Gasteiger partial charge in [0.2, 0.25) is 0 Å². The van der Waals surface area contributed by atoms with Crippen LogP contribution in [0.15, 0.2) is 18.2 Å². The van der Waals surface area contributed by atoms with Crippen LogP contribution >= 0.6 is 0 Å². The lowest BCUT2D eigenvalue weighted by molar-refractivity contribution is -0.137. The molecule has 0 unspecified atom stereocenters. The predicted octanol–water partition coefficient (Wildman–Crippen LogP) is 1.59. The van der Waals surface area contributed by atoms with Gasteiger partial charge in [-0.05, 0) is 18.6 Å². The average molecular weight is 252 g/mol. The Morgan fingerprint density at radius 1 is 1.22 bits per heavy atom. The quantitative estimate of drug-likeness (QED) is 0.437. The first-order valence-electron chi connectivity index (χ1n) is 5.52. The van der Waals surface area contributed by atoms with E-state index < -0.39 is 11.8 Å². The van der Waals surface area contributed by atoms with E-state index in [1.807, 2.05) is 0 Å². The number of hydrogen-bond donors (Lipinski definition) is 0. The van der Waals surface area contributed by atoms with Gasteiger partial charge in [0.15, 0.2) is 0 Å². The van der Waals surface area contributed by atoms with Crippen molar-refractivity contribution in [3.63, 3.8) is 0 Å². The summed E-state index contributed by atoms with van der Waals surface area (Å²) in [7, 11) is 2.95. The minimum atomic E-state index is -0.889. The summed E-state index contributed by atoms with van der Waals surface area (Å²) in [6.45, 7) is 2.01. The molecule has 1 aromatic rings. The fourth-order valence-corrected chi connectivity index (χ4v) is 1.58. The van der Waals surface area contributed by atoms with Crippen molar-refractivity contribution < 1.29 is 23.8 Å². The lowest BCUT2D eigenvalue weighted by Gasteiger charge is -2.11. The summed E-state index contributed by atoms with van der Waals surface area (Å²) in [5.74, 6) is -1.27. The molecule has 0 N–H and O–H groups in total. The SMILES string of the molecule is CCOC(=O)C(=O)c1c(COC)cccc1OC. The number of ether oxygens (including phenoxy) is 3. The van der Waals surface area contributed by atoms with E-state index in [9.17, 15) is 9.59 Å². The number of esters is 1. The van der Waals surface area contributed by atoms with Crippen LogP contribution in [0.4, 0.5) is 0 Å². The Morgan fingerprint density at radius 3 is 2.50 bits per heavy atom. The van der Waals surface area contributed by atoms with Gasteiger partial charge in [0.05, 0.1) is 25.9 Å². The topological polar surface area (TPSA) is 61.8 Å². The lowest BCUT2D eigenvalue weighted by Crippen LogP contribution is -2.20. The first-order chi connectivity index (χ1) is 8.65. The second-order valence-electron chi connectivity index (χ2n) is 3.48. The minimum absolute atomic E-state index is 0.152. The fourth-order valence-electron chi connectivity index (χ4n) is 1.58. The molecule has 0 saturated heterocycles. The maximum Gasteiger partial charge on any atom is 0.379 e. The first kappa shape index (κ1) is 14.2. The fraction of sp³-hybridized carbons (Fsp3) is 0.385. The summed E-state index contributed by atoms with van der Waals surface area (Å²) in [6, 6.07) is 5.05. The molecular weight excluding hydrogens is 236 g/mol. The van der Waals surface area contributed by atoms with E-state index >= 15 is 0 Å². The predicted molar refractivity (Wildman–Crippen MR) is 64.7 cm³/mol. The molecule has 5 nitrogen and oxygen atoms in total. The van der Waals surface area contributed by atoms with Gasteiger partial charge in [-0.25, -0.2) is 4.79 Å². The number of hydrogen-bond acceptors (Lipinski definition) is 5. The third kappa shape index (κ3) is 3.07. The molecule has 1 aromatic carbocycles. The van der Waals surface area contributed by atoms with Gasteiger partial charge in [-0.2, -0.15) is 0 Å². The second kappa shape index (κ2) is 6.76. The number of ketones is 1. The Kier molecular flexibility index (Phi) is 5.32. The zero-order chi connectivity index (χ0) is 13.5. The molecule has 0 amide bonds. The standard InChI is InChI=1S/C13H16O5/c1-4-18-13(15)12(14)11-9(8-16-2)6-5-7-10(11)17-3/h5-7H,4,8H2,1-3H3. The van der Waals surface area contributed by atoms with E-state index in [-0.39, 0.29) is 18.8 Å². The zero-order valence-electron chi connectivity index (χ0n) is 10.7. The van der Waals surface area contributed by atoms with Gasteiger partial charge in [0, 0.05) is 7.11 Å². The number of benzene rings is 1. The second-order valence-corrected chi connectivity index (χ2v) is 3.48. The molecule has 18 heavy (non-hydrogen) atoms. The number of carbonyl (C=O) groups is 2. The van der Waals surface area contributed by atoms with E-state index in [1.165, 1.54) is 14.2 Å². The molecule has 5 heteroatoms. The Morgan fingerprint density at radius 2 is 1.94 bits per heavy atom. The molecule has 0 spiro atoms. The van der Waals surface area contributed by atoms with Crippen LogP contribution in [0.2, 0.25) is 0 Å². The van der Waals surface area contributed by atoms with E-state index in [0.717, 1.165) is 0 Å². The number of rotatable bonds is 6. The molecule has 0 aliphatic heterocycles. The molecule has 98 valence electrons. The van der Waals surface area contributed by atoms with Gasteiger partial charge < -0.3 is 14.2 Å². The number of Topliss-reactive ketones (excluding diaryl/α,β-unsaturated/α-hetero) is 1. The van der Waals surface area contributed by atoms with Gasteiger partial charge in [-0.15, -0.1) is 0 Å². The highest BCUT2D eigenvalue weighted by molar-refractivity contribution is 6.41. The smallest absolute Gasteiger partial charge is 0.379 e. The van der Waals surface area contributed by atoms with Crippen molar-refractivity contribution in [2.75, 3.05) is 20.8 Å². The lowest BCUT2D eigenvalue weighted by atomic mass is 10.0. The van der Waals surface area contributed by atoms with Crippen molar-refractivity contribution in [3.8, 4) is 5.75 Å². The summed E-state index contributed by atoms with van der Waals surface area (Å²) in [4.78, 5) is 23.5. The number of carbonyl (C=O) groups excluding carboxylic acids is 2. The normalized spacial score (nSPS) is 9.94. The largest absolute Gasteiger partial charge is 0.496 e. The third-order valence-electron chi connectivity index (χ3n) is 2.32. The molecule has 0 fully saturated rings. The van der Waals surface area contributed by atoms with Gasteiger partial charge in [0.1, 0.15) is 5.75 Å². The van der Waals surface area contributed by atoms with E-state index in [2.05, 4.69) is 0 Å². The Hall–Kier alpha value is -1.88. The van der Waals surface area contributed by atoms with Crippen molar-refractivity contribution >= 4 is 11.8 Å². The van der Waals surface area contributed by atoms with Crippen LogP contribution < -0.4 is 4.74 Å². The van der Waals surface area contributed by atoms with Crippen molar-refractivity contribution in [3.05, 3.63) is 29.3 Å². The molecule has 0 radical (unpaired) electrons. The van der Waals surface area contributed by atoms with Gasteiger partial charge >= 0.3 is 5.97 Å². The minimum Gasteiger partial charge on any atom is -0.496 e. The van der Waals surface area contributed by atoms with E-state index in [0.29, 0.717) is 11.3 Å². The Bertz CT molecular complexity index is 439. The number of methoxy groups -OCH3 is 2. The van der Waals surface area contributed by atoms with Crippen LogP contribution in [0.5, 0.6) is 5.75 Å². The molecule has 0 saturated carbocycles. The van der Waals surface area contributed by atoms with E-state index in [1.54, 1.807) is 25.1 Å². The summed E-state index contributed by atoms with van der Waals surface area (Å²) >= 11 is 0. The van der Waals surface area contributed by atoms with Crippen molar-refractivity contribution in [2.24, 2.45) is 0 Å². The van der Waals surface area contributed by atoms with Crippen LogP contribution in [0, 0.1) is 0 Å². The summed E-state index contributed by atoms with van der Waals surface area (Å²) in [6.07, 6.45) is 0. The molecule has 0 heterocycles. The van der Waals surface area contributed by atoms with Crippen LogP contribution in [0.25, 0.3) is 0 Å². The van der Waals surface area contributed by atoms with Gasteiger partial charge in [-0.1, -0.05) is 12.1 Å². The molecule has 0 aromatic heterocycles. The Balaban J connectivity index is 3.18.